The first kappa shape index (κ1) is 16.3. The normalized spacial score (nSPS) is 12.6. The zero-order chi connectivity index (χ0) is 14.6. The lowest BCUT2D eigenvalue weighted by atomic mass is 10.1. The lowest BCUT2D eigenvalue weighted by molar-refractivity contribution is -0.122. The zero-order valence-corrected chi connectivity index (χ0v) is 12.8. The number of amides is 1. The van der Waals surface area contributed by atoms with E-state index in [9.17, 15) is 9.18 Å². The van der Waals surface area contributed by atoms with Crippen LogP contribution in [0.5, 0.6) is 0 Å². The predicted octanol–water partition coefficient (Wildman–Crippen LogP) is 4.75. The molecule has 0 spiro atoms. The van der Waals surface area contributed by atoms with Gasteiger partial charge in [0.1, 0.15) is 5.82 Å². The smallest absolute Gasteiger partial charge is 0.220 e. The maximum Gasteiger partial charge on any atom is 0.220 e. The molecule has 0 saturated heterocycles. The first-order valence-corrected chi connectivity index (χ1v) is 7.00. The van der Waals surface area contributed by atoms with E-state index in [2.05, 4.69) is 19.2 Å². The molecule has 1 aromatic rings. The molecule has 1 N–H and O–H groups in total. The van der Waals surface area contributed by atoms with E-state index in [1.807, 2.05) is 0 Å². The maximum atomic E-state index is 13.4. The molecule has 0 aliphatic carbocycles. The second-order valence-electron chi connectivity index (χ2n) is 5.01. The first-order valence-electron chi connectivity index (χ1n) is 6.25. The molecule has 0 aliphatic heterocycles. The van der Waals surface area contributed by atoms with E-state index in [1.54, 1.807) is 6.92 Å². The number of halogens is 3. The van der Waals surface area contributed by atoms with Gasteiger partial charge in [-0.3, -0.25) is 4.79 Å². The van der Waals surface area contributed by atoms with Gasteiger partial charge in [0.2, 0.25) is 5.91 Å². The van der Waals surface area contributed by atoms with Crippen molar-refractivity contribution >= 4 is 29.1 Å². The summed E-state index contributed by atoms with van der Waals surface area (Å²) in [5.41, 5.74) is 0.529. The Morgan fingerprint density at radius 1 is 1.26 bits per heavy atom. The first-order chi connectivity index (χ1) is 8.81. The Bertz CT molecular complexity index is 463. The molecule has 1 amide bonds. The van der Waals surface area contributed by atoms with Crippen molar-refractivity contribution in [3.8, 4) is 0 Å². The summed E-state index contributed by atoms with van der Waals surface area (Å²) in [6, 6.07) is 2.27. The van der Waals surface area contributed by atoms with E-state index in [-0.39, 0.29) is 17.0 Å². The van der Waals surface area contributed by atoms with Gasteiger partial charge in [0.05, 0.1) is 11.1 Å². The fraction of sp³-hybridized carbons (Fsp3) is 0.500. The van der Waals surface area contributed by atoms with Gasteiger partial charge in [-0.1, -0.05) is 37.0 Å². The Labute approximate surface area is 123 Å². The largest absolute Gasteiger partial charge is 0.350 e. The molecule has 0 aromatic heterocycles. The summed E-state index contributed by atoms with van der Waals surface area (Å²) < 4.78 is 13.4. The van der Waals surface area contributed by atoms with Crippen LogP contribution < -0.4 is 5.32 Å². The molecule has 0 fully saturated rings. The average molecular weight is 306 g/mol. The number of nitrogens with one attached hydrogen (secondary N) is 1. The van der Waals surface area contributed by atoms with Gasteiger partial charge in [0, 0.05) is 11.4 Å². The van der Waals surface area contributed by atoms with E-state index in [0.29, 0.717) is 22.9 Å². The molecule has 1 aromatic carbocycles. The van der Waals surface area contributed by atoms with Crippen molar-refractivity contribution in [2.24, 2.45) is 5.92 Å². The summed E-state index contributed by atoms with van der Waals surface area (Å²) >= 11 is 11.6. The highest BCUT2D eigenvalue weighted by atomic mass is 35.5. The second-order valence-corrected chi connectivity index (χ2v) is 5.82. The van der Waals surface area contributed by atoms with Gasteiger partial charge >= 0.3 is 0 Å². The molecule has 106 valence electrons. The maximum absolute atomic E-state index is 13.4. The fourth-order valence-electron chi connectivity index (χ4n) is 1.68. The quantitative estimate of drug-likeness (QED) is 0.782. The highest BCUT2D eigenvalue weighted by Gasteiger charge is 2.15. The highest BCUT2D eigenvalue weighted by Crippen LogP contribution is 2.28. The lowest BCUT2D eigenvalue weighted by Crippen LogP contribution is -2.27. The molecule has 1 rings (SSSR count). The minimum Gasteiger partial charge on any atom is -0.350 e. The third kappa shape index (κ3) is 5.00. The number of carbonyl (C=O) groups excluding carboxylic acids is 1. The van der Waals surface area contributed by atoms with Crippen molar-refractivity contribution in [2.75, 3.05) is 0 Å². The lowest BCUT2D eigenvalue weighted by Gasteiger charge is -2.16. The highest BCUT2D eigenvalue weighted by molar-refractivity contribution is 6.35. The summed E-state index contributed by atoms with van der Waals surface area (Å²) in [5, 5.41) is 3.13. The van der Waals surface area contributed by atoms with Crippen LogP contribution in [0.15, 0.2) is 12.1 Å². The van der Waals surface area contributed by atoms with Crippen LogP contribution in [-0.4, -0.2) is 5.91 Å². The van der Waals surface area contributed by atoms with Gasteiger partial charge < -0.3 is 5.32 Å². The standard InChI is InChI=1S/C14H18Cl2FNO/c1-8(2)4-5-14(19)18-9(3)10-6-13(17)12(16)7-11(10)15/h6-9H,4-5H2,1-3H3,(H,18,19). The van der Waals surface area contributed by atoms with Crippen LogP contribution in [0.2, 0.25) is 10.0 Å². The topological polar surface area (TPSA) is 29.1 Å². The molecule has 0 heterocycles. The van der Waals surface area contributed by atoms with Crippen LogP contribution in [0.25, 0.3) is 0 Å². The van der Waals surface area contributed by atoms with Crippen molar-refractivity contribution in [3.05, 3.63) is 33.6 Å². The molecule has 1 atom stereocenters. The van der Waals surface area contributed by atoms with E-state index in [1.165, 1.54) is 12.1 Å². The molecule has 0 aliphatic rings. The number of rotatable bonds is 5. The molecular formula is C14H18Cl2FNO. The van der Waals surface area contributed by atoms with Gasteiger partial charge in [-0.25, -0.2) is 4.39 Å². The van der Waals surface area contributed by atoms with Gasteiger partial charge in [-0.15, -0.1) is 0 Å². The molecule has 2 nitrogen and oxygen atoms in total. The van der Waals surface area contributed by atoms with E-state index in [0.717, 1.165) is 6.42 Å². The van der Waals surface area contributed by atoms with Crippen LogP contribution in [0.1, 0.15) is 45.2 Å². The third-order valence-corrected chi connectivity index (χ3v) is 3.45. The molecule has 19 heavy (non-hydrogen) atoms. The minimum atomic E-state index is -0.538. The van der Waals surface area contributed by atoms with Crippen molar-refractivity contribution in [1.82, 2.24) is 5.32 Å². The molecular weight excluding hydrogens is 288 g/mol. The van der Waals surface area contributed by atoms with Crippen molar-refractivity contribution in [2.45, 2.75) is 39.7 Å². The fourth-order valence-corrected chi connectivity index (χ4v) is 2.23. The Morgan fingerprint density at radius 3 is 2.47 bits per heavy atom. The van der Waals surface area contributed by atoms with E-state index in [4.69, 9.17) is 23.2 Å². The summed E-state index contributed by atoms with van der Waals surface area (Å²) in [6.45, 7) is 5.88. The SMILES string of the molecule is CC(C)CCC(=O)NC(C)c1cc(F)c(Cl)cc1Cl. The summed E-state index contributed by atoms with van der Waals surface area (Å²) in [5.74, 6) is -0.130. The van der Waals surface area contributed by atoms with E-state index < -0.39 is 5.82 Å². The third-order valence-electron chi connectivity index (χ3n) is 2.83. The summed E-state index contributed by atoms with van der Waals surface area (Å²) in [4.78, 5) is 11.7. The number of hydrogen-bond donors (Lipinski definition) is 1. The number of carbonyl (C=O) groups is 1. The Hall–Kier alpha value is -0.800. The monoisotopic (exact) mass is 305 g/mol. The number of hydrogen-bond acceptors (Lipinski definition) is 1. The molecule has 0 bridgehead atoms. The van der Waals surface area contributed by atoms with Crippen LogP contribution in [-0.2, 0) is 4.79 Å². The predicted molar refractivity (Wildman–Crippen MR) is 77.0 cm³/mol. The van der Waals surface area contributed by atoms with Crippen molar-refractivity contribution < 1.29 is 9.18 Å². The van der Waals surface area contributed by atoms with Crippen LogP contribution in [0.3, 0.4) is 0 Å². The summed E-state index contributed by atoms with van der Waals surface area (Å²) in [6.07, 6.45) is 1.27. The second kappa shape index (κ2) is 7.11. The Kier molecular flexibility index (Phi) is 6.08. The van der Waals surface area contributed by atoms with Crippen LogP contribution in [0.4, 0.5) is 4.39 Å². The van der Waals surface area contributed by atoms with Gasteiger partial charge in [0.15, 0.2) is 0 Å². The summed E-state index contributed by atoms with van der Waals surface area (Å²) in [7, 11) is 0. The number of benzene rings is 1. The van der Waals surface area contributed by atoms with E-state index >= 15 is 0 Å². The average Bonchev–Trinajstić information content (AvgIpc) is 2.31. The molecule has 0 radical (unpaired) electrons. The Balaban J connectivity index is 2.70. The minimum absolute atomic E-state index is 0.0212. The Morgan fingerprint density at radius 2 is 1.89 bits per heavy atom. The molecule has 0 saturated carbocycles. The van der Waals surface area contributed by atoms with Crippen LogP contribution >= 0.6 is 23.2 Å². The molecule has 5 heteroatoms. The van der Waals surface area contributed by atoms with Gasteiger partial charge in [-0.05, 0) is 37.0 Å². The molecule has 1 unspecified atom stereocenters. The van der Waals surface area contributed by atoms with Crippen molar-refractivity contribution in [1.29, 1.82) is 0 Å². The van der Waals surface area contributed by atoms with Crippen LogP contribution in [0, 0.1) is 11.7 Å². The van der Waals surface area contributed by atoms with Crippen molar-refractivity contribution in [3.63, 3.8) is 0 Å². The van der Waals surface area contributed by atoms with Gasteiger partial charge in [0.25, 0.3) is 0 Å². The zero-order valence-electron chi connectivity index (χ0n) is 11.3. The van der Waals surface area contributed by atoms with Gasteiger partial charge in [-0.2, -0.15) is 0 Å².